The lowest BCUT2D eigenvalue weighted by Gasteiger charge is -2.22. The minimum Gasteiger partial charge on any atom is -0.480 e. The third kappa shape index (κ3) is 3.00. The number of para-hydroxylation sites is 1. The van der Waals surface area contributed by atoms with E-state index < -0.39 is 12.5 Å². The van der Waals surface area contributed by atoms with Crippen LogP contribution in [0.1, 0.15) is 15.9 Å². The van der Waals surface area contributed by atoms with E-state index >= 15 is 0 Å². The number of rotatable bonds is 4. The molecule has 20 heavy (non-hydrogen) atoms. The fourth-order valence-electron chi connectivity index (χ4n) is 1.91. The summed E-state index contributed by atoms with van der Waals surface area (Å²) in [5.41, 5.74) is 1.78. The molecular weight excluding hydrogens is 256 g/mol. The van der Waals surface area contributed by atoms with Crippen LogP contribution >= 0.6 is 0 Å². The Hall–Kier alpha value is -2.69. The summed E-state index contributed by atoms with van der Waals surface area (Å²) in [6.07, 6.45) is 2.99. The van der Waals surface area contributed by atoms with Crippen molar-refractivity contribution in [2.24, 2.45) is 0 Å². The van der Waals surface area contributed by atoms with Crippen molar-refractivity contribution in [1.29, 1.82) is 0 Å². The lowest BCUT2D eigenvalue weighted by molar-refractivity contribution is -0.135. The van der Waals surface area contributed by atoms with Crippen LogP contribution in [-0.2, 0) is 4.79 Å². The molecule has 0 saturated heterocycles. The highest BCUT2D eigenvalue weighted by molar-refractivity contribution is 6.08. The number of amides is 1. The van der Waals surface area contributed by atoms with Crippen molar-refractivity contribution in [2.75, 3.05) is 11.4 Å². The summed E-state index contributed by atoms with van der Waals surface area (Å²) in [5.74, 6) is -1.44. The van der Waals surface area contributed by atoms with Gasteiger partial charge in [-0.15, -0.1) is 0 Å². The maximum Gasteiger partial charge on any atom is 0.323 e. The Balaban J connectivity index is 2.41. The average molecular weight is 270 g/mol. The van der Waals surface area contributed by atoms with Gasteiger partial charge < -0.3 is 5.11 Å². The molecule has 0 aliphatic carbocycles. The molecule has 0 aliphatic heterocycles. The second kappa shape index (κ2) is 5.97. The summed E-state index contributed by atoms with van der Waals surface area (Å²) in [6.45, 7) is 1.44. The van der Waals surface area contributed by atoms with Gasteiger partial charge in [0, 0.05) is 18.1 Å². The van der Waals surface area contributed by atoms with E-state index in [-0.39, 0.29) is 5.91 Å². The number of carbonyl (C=O) groups excluding carboxylic acids is 1. The van der Waals surface area contributed by atoms with Crippen LogP contribution in [0.5, 0.6) is 0 Å². The molecule has 1 amide bonds. The van der Waals surface area contributed by atoms with Crippen LogP contribution in [-0.4, -0.2) is 28.5 Å². The Bertz CT molecular complexity index is 626. The average Bonchev–Trinajstić information content (AvgIpc) is 2.46. The van der Waals surface area contributed by atoms with Crippen molar-refractivity contribution < 1.29 is 14.7 Å². The summed E-state index contributed by atoms with van der Waals surface area (Å²) in [6, 6.07) is 10.4. The maximum absolute atomic E-state index is 12.5. The normalized spacial score (nSPS) is 10.1. The molecule has 0 spiro atoms. The fraction of sp³-hybridized carbons (Fsp3) is 0.133. The molecule has 1 aromatic carbocycles. The van der Waals surface area contributed by atoms with Gasteiger partial charge in [-0.1, -0.05) is 18.2 Å². The SMILES string of the molecule is Cc1ccccc1N(CC(=O)O)C(=O)c1cccnc1. The van der Waals surface area contributed by atoms with Gasteiger partial charge in [0.2, 0.25) is 0 Å². The third-order valence-electron chi connectivity index (χ3n) is 2.85. The van der Waals surface area contributed by atoms with E-state index in [9.17, 15) is 9.59 Å². The molecule has 1 aromatic heterocycles. The zero-order valence-corrected chi connectivity index (χ0v) is 11.0. The molecule has 5 heteroatoms. The molecular formula is C15H14N2O3. The highest BCUT2D eigenvalue weighted by Gasteiger charge is 2.21. The van der Waals surface area contributed by atoms with Gasteiger partial charge in [0.25, 0.3) is 5.91 Å². The van der Waals surface area contributed by atoms with E-state index in [4.69, 9.17) is 5.11 Å². The number of carboxylic acids is 1. The number of aryl methyl sites for hydroxylation is 1. The number of carboxylic acid groups (broad SMARTS) is 1. The van der Waals surface area contributed by atoms with Crippen molar-refractivity contribution in [3.63, 3.8) is 0 Å². The number of aliphatic carboxylic acids is 1. The molecule has 102 valence electrons. The number of nitrogens with zero attached hydrogens (tertiary/aromatic N) is 2. The van der Waals surface area contributed by atoms with Gasteiger partial charge in [0.15, 0.2) is 0 Å². The van der Waals surface area contributed by atoms with E-state index in [1.54, 1.807) is 30.5 Å². The monoisotopic (exact) mass is 270 g/mol. The molecule has 2 rings (SSSR count). The van der Waals surface area contributed by atoms with Gasteiger partial charge in [-0.2, -0.15) is 0 Å². The van der Waals surface area contributed by atoms with E-state index in [1.165, 1.54) is 11.1 Å². The van der Waals surface area contributed by atoms with Crippen molar-refractivity contribution in [2.45, 2.75) is 6.92 Å². The number of hydrogen-bond acceptors (Lipinski definition) is 3. The van der Waals surface area contributed by atoms with Gasteiger partial charge in [0.1, 0.15) is 6.54 Å². The molecule has 1 heterocycles. The molecule has 0 radical (unpaired) electrons. The van der Waals surface area contributed by atoms with Crippen LogP contribution < -0.4 is 4.90 Å². The number of pyridine rings is 1. The van der Waals surface area contributed by atoms with E-state index in [0.717, 1.165) is 5.56 Å². The summed E-state index contributed by atoms with van der Waals surface area (Å²) < 4.78 is 0. The molecule has 0 fully saturated rings. The smallest absolute Gasteiger partial charge is 0.323 e. The van der Waals surface area contributed by atoms with Crippen LogP contribution in [0.15, 0.2) is 48.8 Å². The molecule has 0 atom stereocenters. The molecule has 0 aliphatic rings. The lowest BCUT2D eigenvalue weighted by atomic mass is 10.1. The van der Waals surface area contributed by atoms with E-state index in [2.05, 4.69) is 4.98 Å². The minimum absolute atomic E-state index is 0.358. The Morgan fingerprint density at radius 1 is 1.20 bits per heavy atom. The Morgan fingerprint density at radius 3 is 2.55 bits per heavy atom. The first-order valence-electron chi connectivity index (χ1n) is 6.09. The van der Waals surface area contributed by atoms with Crippen molar-refractivity contribution >= 4 is 17.6 Å². The van der Waals surface area contributed by atoms with Gasteiger partial charge >= 0.3 is 5.97 Å². The summed E-state index contributed by atoms with van der Waals surface area (Å²) in [5, 5.41) is 9.02. The predicted molar refractivity (Wildman–Crippen MR) is 74.7 cm³/mol. The molecule has 1 N–H and O–H groups in total. The van der Waals surface area contributed by atoms with Crippen molar-refractivity contribution in [1.82, 2.24) is 4.98 Å². The number of hydrogen-bond donors (Lipinski definition) is 1. The number of aromatic nitrogens is 1. The Labute approximate surface area is 116 Å². The standard InChI is InChI=1S/C15H14N2O3/c1-11-5-2-3-7-13(11)17(10-14(18)19)15(20)12-6-4-8-16-9-12/h2-9H,10H2,1H3,(H,18,19). The first kappa shape index (κ1) is 13.7. The quantitative estimate of drug-likeness (QED) is 0.923. The van der Waals surface area contributed by atoms with Crippen LogP contribution in [0, 0.1) is 6.92 Å². The van der Waals surface area contributed by atoms with Gasteiger partial charge in [-0.05, 0) is 30.7 Å². The lowest BCUT2D eigenvalue weighted by Crippen LogP contribution is -2.36. The summed E-state index contributed by atoms with van der Waals surface area (Å²) >= 11 is 0. The van der Waals surface area contributed by atoms with Crippen molar-refractivity contribution in [3.05, 3.63) is 59.9 Å². The molecule has 2 aromatic rings. The van der Waals surface area contributed by atoms with Crippen LogP contribution in [0.4, 0.5) is 5.69 Å². The highest BCUT2D eigenvalue weighted by Crippen LogP contribution is 2.21. The number of benzene rings is 1. The number of carbonyl (C=O) groups is 2. The van der Waals surface area contributed by atoms with E-state index in [1.807, 2.05) is 19.1 Å². The summed E-state index contributed by atoms with van der Waals surface area (Å²) in [4.78, 5) is 28.6. The zero-order valence-electron chi connectivity index (χ0n) is 11.0. The Kier molecular flexibility index (Phi) is 4.10. The topological polar surface area (TPSA) is 70.5 Å². The molecule has 0 saturated carbocycles. The highest BCUT2D eigenvalue weighted by atomic mass is 16.4. The Morgan fingerprint density at radius 2 is 1.95 bits per heavy atom. The predicted octanol–water partition coefficient (Wildman–Crippen LogP) is 2.12. The summed E-state index contributed by atoms with van der Waals surface area (Å²) in [7, 11) is 0. The van der Waals surface area contributed by atoms with Crippen molar-refractivity contribution in [3.8, 4) is 0 Å². The fourth-order valence-corrected chi connectivity index (χ4v) is 1.91. The molecule has 0 bridgehead atoms. The second-order valence-corrected chi connectivity index (χ2v) is 4.31. The van der Waals surface area contributed by atoms with E-state index in [0.29, 0.717) is 11.3 Å². The third-order valence-corrected chi connectivity index (χ3v) is 2.85. The van der Waals surface area contributed by atoms with Gasteiger partial charge in [-0.3, -0.25) is 19.5 Å². The zero-order chi connectivity index (χ0) is 14.5. The van der Waals surface area contributed by atoms with Crippen LogP contribution in [0.2, 0.25) is 0 Å². The second-order valence-electron chi connectivity index (χ2n) is 4.31. The largest absolute Gasteiger partial charge is 0.480 e. The van der Waals surface area contributed by atoms with Crippen LogP contribution in [0.3, 0.4) is 0 Å². The van der Waals surface area contributed by atoms with Gasteiger partial charge in [0.05, 0.1) is 5.56 Å². The first-order valence-corrected chi connectivity index (χ1v) is 6.09. The molecule has 0 unspecified atom stereocenters. The molecule has 5 nitrogen and oxygen atoms in total. The van der Waals surface area contributed by atoms with Crippen LogP contribution in [0.25, 0.3) is 0 Å². The maximum atomic E-state index is 12.5. The first-order chi connectivity index (χ1) is 9.59. The van der Waals surface area contributed by atoms with Gasteiger partial charge in [-0.25, -0.2) is 0 Å². The number of anilines is 1. The minimum atomic E-state index is -1.06.